The van der Waals surface area contributed by atoms with Crippen molar-refractivity contribution in [3.63, 3.8) is 0 Å². The molecule has 0 bridgehead atoms. The third-order valence-electron chi connectivity index (χ3n) is 4.46. The summed E-state index contributed by atoms with van der Waals surface area (Å²) in [4.78, 5) is 35.9. The smallest absolute Gasteiger partial charge is 0.304 e. The number of esters is 1. The van der Waals surface area contributed by atoms with E-state index in [4.69, 9.17) is 19.3 Å². The van der Waals surface area contributed by atoms with Gasteiger partial charge in [0.25, 0.3) is 0 Å². The number of aryl methyl sites for hydroxylation is 1. The van der Waals surface area contributed by atoms with E-state index >= 15 is 0 Å². The average molecular weight is 419 g/mol. The van der Waals surface area contributed by atoms with E-state index in [2.05, 4.69) is 10.6 Å². The van der Waals surface area contributed by atoms with Crippen molar-refractivity contribution in [2.24, 2.45) is 5.73 Å². The molecular weight excluding hydrogens is 390 g/mol. The number of rotatable bonds is 13. The summed E-state index contributed by atoms with van der Waals surface area (Å²) in [6.07, 6.45) is 8.28. The highest BCUT2D eigenvalue weighted by molar-refractivity contribution is 5.87. The van der Waals surface area contributed by atoms with Gasteiger partial charge >= 0.3 is 5.97 Å². The van der Waals surface area contributed by atoms with E-state index in [1.54, 1.807) is 31.1 Å². The Morgan fingerprint density at radius 3 is 2.33 bits per heavy atom. The minimum absolute atomic E-state index is 0.226. The Hall–Kier alpha value is -3.07. The number of nitrogens with one attached hydrogen (secondary N) is 2. The van der Waals surface area contributed by atoms with Crippen molar-refractivity contribution in [1.82, 2.24) is 10.6 Å². The molecule has 2 heterocycles. The molecule has 0 radical (unpaired) electrons. The maximum atomic E-state index is 12.6. The first kappa shape index (κ1) is 23.2. The van der Waals surface area contributed by atoms with Crippen LogP contribution in [-0.2, 0) is 32.0 Å². The summed E-state index contributed by atoms with van der Waals surface area (Å²) < 4.78 is 14.9. The van der Waals surface area contributed by atoms with Crippen molar-refractivity contribution < 1.29 is 28.0 Å². The molecule has 0 aromatic carbocycles. The maximum Gasteiger partial charge on any atom is 0.304 e. The third kappa shape index (κ3) is 8.95. The van der Waals surface area contributed by atoms with E-state index in [-0.39, 0.29) is 18.2 Å². The molecule has 0 aliphatic rings. The fourth-order valence-corrected chi connectivity index (χ4v) is 2.91. The van der Waals surface area contributed by atoms with E-state index in [1.807, 2.05) is 6.07 Å². The Kier molecular flexibility index (Phi) is 9.66. The lowest BCUT2D eigenvalue weighted by molar-refractivity contribution is -0.146. The molecule has 30 heavy (non-hydrogen) atoms. The van der Waals surface area contributed by atoms with E-state index in [0.29, 0.717) is 38.6 Å². The van der Waals surface area contributed by atoms with Gasteiger partial charge in [0.1, 0.15) is 6.04 Å². The fourth-order valence-electron chi connectivity index (χ4n) is 2.91. The van der Waals surface area contributed by atoms with Gasteiger partial charge in [-0.25, -0.2) is 0 Å². The molecule has 0 fully saturated rings. The van der Waals surface area contributed by atoms with Gasteiger partial charge in [-0.05, 0) is 55.4 Å². The molecule has 164 valence electrons. The van der Waals surface area contributed by atoms with Crippen LogP contribution >= 0.6 is 0 Å². The molecule has 2 aromatic heterocycles. The minimum Gasteiger partial charge on any atom is -0.472 e. The van der Waals surface area contributed by atoms with E-state index < -0.39 is 18.2 Å². The normalized spacial score (nSPS) is 12.7. The molecule has 2 rings (SSSR count). The van der Waals surface area contributed by atoms with Gasteiger partial charge in [-0.3, -0.25) is 20.1 Å². The molecule has 2 aromatic rings. The van der Waals surface area contributed by atoms with E-state index in [0.717, 1.165) is 11.1 Å². The second-order valence-corrected chi connectivity index (χ2v) is 7.00. The van der Waals surface area contributed by atoms with Crippen LogP contribution in [0.15, 0.2) is 46.0 Å². The number of amides is 2. The lowest BCUT2D eigenvalue weighted by Crippen LogP contribution is -2.47. The van der Waals surface area contributed by atoms with Crippen LogP contribution in [0.25, 0.3) is 0 Å². The van der Waals surface area contributed by atoms with Gasteiger partial charge in [0.05, 0.1) is 25.1 Å². The Bertz CT molecular complexity index is 773. The number of ether oxygens (including phenoxy) is 1. The summed E-state index contributed by atoms with van der Waals surface area (Å²) in [5.74, 6) is -0.949. The molecule has 0 aliphatic carbocycles. The van der Waals surface area contributed by atoms with Crippen LogP contribution in [-0.4, -0.2) is 36.6 Å². The highest BCUT2D eigenvalue weighted by Crippen LogP contribution is 2.08. The molecule has 1 unspecified atom stereocenters. The molecule has 9 nitrogen and oxygen atoms in total. The molecule has 0 saturated heterocycles. The summed E-state index contributed by atoms with van der Waals surface area (Å²) in [6.45, 7) is 1.71. The third-order valence-corrected chi connectivity index (χ3v) is 4.46. The van der Waals surface area contributed by atoms with Gasteiger partial charge in [-0.2, -0.15) is 0 Å². The van der Waals surface area contributed by atoms with Crippen LogP contribution in [0, 0.1) is 0 Å². The number of hydrogen-bond acceptors (Lipinski definition) is 7. The molecule has 0 aliphatic heterocycles. The largest absolute Gasteiger partial charge is 0.472 e. The number of hydrogen-bond donors (Lipinski definition) is 3. The maximum absolute atomic E-state index is 12.6. The second kappa shape index (κ2) is 12.5. The minimum atomic E-state index is -0.732. The number of nitrogens with two attached hydrogens (primary N) is 1. The Morgan fingerprint density at radius 2 is 1.73 bits per heavy atom. The van der Waals surface area contributed by atoms with Gasteiger partial charge in [-0.1, -0.05) is 0 Å². The Balaban J connectivity index is 1.82. The first-order valence-corrected chi connectivity index (χ1v) is 9.96. The summed E-state index contributed by atoms with van der Waals surface area (Å²) in [5.41, 5.74) is 7.62. The fraction of sp³-hybridized carbons (Fsp3) is 0.476. The second-order valence-electron chi connectivity index (χ2n) is 7.00. The van der Waals surface area contributed by atoms with Crippen LogP contribution in [0.4, 0.5) is 0 Å². The predicted molar refractivity (Wildman–Crippen MR) is 108 cm³/mol. The lowest BCUT2D eigenvalue weighted by atomic mass is 10.1. The zero-order chi connectivity index (χ0) is 21.8. The van der Waals surface area contributed by atoms with E-state index in [1.165, 1.54) is 6.92 Å². The number of carbonyl (C=O) groups is 3. The Morgan fingerprint density at radius 1 is 1.07 bits per heavy atom. The first-order chi connectivity index (χ1) is 14.4. The topological polar surface area (TPSA) is 137 Å². The molecule has 2 amide bonds. The molecule has 0 spiro atoms. The van der Waals surface area contributed by atoms with Crippen molar-refractivity contribution in [3.05, 3.63) is 48.3 Å². The van der Waals surface area contributed by atoms with Crippen LogP contribution in [0.5, 0.6) is 0 Å². The molecule has 4 N–H and O–H groups in total. The molecular formula is C21H29N3O6. The van der Waals surface area contributed by atoms with Crippen molar-refractivity contribution in [3.8, 4) is 0 Å². The van der Waals surface area contributed by atoms with Crippen LogP contribution < -0.4 is 16.4 Å². The van der Waals surface area contributed by atoms with Gasteiger partial charge in [0.15, 0.2) is 6.23 Å². The quantitative estimate of drug-likeness (QED) is 0.332. The summed E-state index contributed by atoms with van der Waals surface area (Å²) in [5, 5.41) is 5.63. The summed E-state index contributed by atoms with van der Waals surface area (Å²) >= 11 is 0. The van der Waals surface area contributed by atoms with Gasteiger partial charge in [0, 0.05) is 19.9 Å². The van der Waals surface area contributed by atoms with Crippen molar-refractivity contribution in [2.45, 2.75) is 57.7 Å². The Labute approximate surface area is 175 Å². The lowest BCUT2D eigenvalue weighted by Gasteiger charge is -2.19. The SMILES string of the molecule is CC(=O)OC(N)CCC[C@H](NC(=O)CCc1ccoc1)C(=O)NCCc1ccoc1. The molecule has 2 atom stereocenters. The standard InChI is InChI=1S/C21H29N3O6/c1-15(25)30-19(22)4-2-3-18(21(27)23-10-7-17-9-12-29-14-17)24-20(26)6-5-16-8-11-28-13-16/h8-9,11-14,18-19H,2-7,10,22H2,1H3,(H,23,27)(H,24,26)/t18-,19?/m0/s1. The van der Waals surface area contributed by atoms with Crippen molar-refractivity contribution >= 4 is 17.8 Å². The zero-order valence-electron chi connectivity index (χ0n) is 17.1. The van der Waals surface area contributed by atoms with Crippen LogP contribution in [0.2, 0.25) is 0 Å². The highest BCUT2D eigenvalue weighted by Gasteiger charge is 2.21. The predicted octanol–water partition coefficient (Wildman–Crippen LogP) is 1.67. The monoisotopic (exact) mass is 419 g/mol. The van der Waals surface area contributed by atoms with Gasteiger partial charge < -0.3 is 24.2 Å². The molecule has 0 saturated carbocycles. The van der Waals surface area contributed by atoms with Crippen molar-refractivity contribution in [2.75, 3.05) is 6.54 Å². The first-order valence-electron chi connectivity index (χ1n) is 9.96. The van der Waals surface area contributed by atoms with Gasteiger partial charge in [0.2, 0.25) is 11.8 Å². The zero-order valence-corrected chi connectivity index (χ0v) is 17.1. The molecule has 9 heteroatoms. The van der Waals surface area contributed by atoms with Gasteiger partial charge in [-0.15, -0.1) is 0 Å². The van der Waals surface area contributed by atoms with E-state index in [9.17, 15) is 14.4 Å². The number of furan rings is 2. The van der Waals surface area contributed by atoms with Crippen molar-refractivity contribution in [1.29, 1.82) is 0 Å². The summed E-state index contributed by atoms with van der Waals surface area (Å²) in [7, 11) is 0. The summed E-state index contributed by atoms with van der Waals surface area (Å²) in [6, 6.07) is 2.93. The average Bonchev–Trinajstić information content (AvgIpc) is 3.39. The number of carbonyl (C=O) groups excluding carboxylic acids is 3. The van der Waals surface area contributed by atoms with Crippen LogP contribution in [0.1, 0.15) is 43.7 Å². The highest BCUT2D eigenvalue weighted by atomic mass is 16.5. The van der Waals surface area contributed by atoms with Crippen LogP contribution in [0.3, 0.4) is 0 Å².